The van der Waals surface area contributed by atoms with Crippen LogP contribution >= 0.6 is 24.0 Å². The average molecular weight is 518 g/mol. The topological polar surface area (TPSA) is 75.9 Å². The lowest BCUT2D eigenvalue weighted by Gasteiger charge is -2.33. The molecule has 2 heterocycles. The fourth-order valence-corrected chi connectivity index (χ4v) is 3.49. The van der Waals surface area contributed by atoms with Crippen molar-refractivity contribution in [1.82, 2.24) is 14.8 Å². The van der Waals surface area contributed by atoms with Crippen LogP contribution in [0.5, 0.6) is 0 Å². The smallest absolute Gasteiger partial charge is 0.309 e. The average Bonchev–Trinajstić information content (AvgIpc) is 2.69. The summed E-state index contributed by atoms with van der Waals surface area (Å²) in [6, 6.07) is 5.36. The summed E-state index contributed by atoms with van der Waals surface area (Å²) in [5.74, 6) is 0.847. The number of ether oxygens (including phenoxy) is 1. The summed E-state index contributed by atoms with van der Waals surface area (Å²) in [4.78, 5) is 30.8. The van der Waals surface area contributed by atoms with E-state index >= 15 is 0 Å². The Labute approximate surface area is 190 Å². The van der Waals surface area contributed by atoms with E-state index in [4.69, 9.17) is 9.73 Å². The van der Waals surface area contributed by atoms with Gasteiger partial charge in [0.2, 0.25) is 0 Å². The van der Waals surface area contributed by atoms with E-state index in [9.17, 15) is 9.59 Å². The molecule has 0 aromatic carbocycles. The van der Waals surface area contributed by atoms with Gasteiger partial charge in [-0.05, 0) is 52.5 Å². The molecule has 29 heavy (non-hydrogen) atoms. The van der Waals surface area contributed by atoms with Gasteiger partial charge in [0.25, 0.3) is 5.56 Å². The van der Waals surface area contributed by atoms with Crippen molar-refractivity contribution in [2.75, 3.05) is 32.8 Å². The highest BCUT2D eigenvalue weighted by molar-refractivity contribution is 14.0. The van der Waals surface area contributed by atoms with Gasteiger partial charge in [-0.1, -0.05) is 6.07 Å². The number of rotatable bonds is 8. The van der Waals surface area contributed by atoms with E-state index in [-0.39, 0.29) is 41.4 Å². The highest BCUT2D eigenvalue weighted by Crippen LogP contribution is 2.18. The van der Waals surface area contributed by atoms with Crippen LogP contribution in [0.1, 0.15) is 45.2 Å². The molecule has 1 saturated heterocycles. The van der Waals surface area contributed by atoms with Crippen LogP contribution in [0.4, 0.5) is 0 Å². The number of aromatic nitrogens is 1. The molecule has 1 aromatic heterocycles. The number of hydrogen-bond donors (Lipinski definition) is 1. The van der Waals surface area contributed by atoms with Crippen molar-refractivity contribution in [2.24, 2.45) is 10.9 Å². The molecule has 0 unspecified atom stereocenters. The lowest BCUT2D eigenvalue weighted by molar-refractivity contribution is -0.149. The van der Waals surface area contributed by atoms with Gasteiger partial charge in [0.15, 0.2) is 5.96 Å². The first-order chi connectivity index (χ1) is 13.6. The maximum absolute atomic E-state index is 11.9. The molecule has 0 saturated carbocycles. The number of piperidine rings is 1. The summed E-state index contributed by atoms with van der Waals surface area (Å²) in [6.45, 7) is 10.2. The van der Waals surface area contributed by atoms with Crippen LogP contribution in [0.2, 0.25) is 0 Å². The van der Waals surface area contributed by atoms with Crippen LogP contribution in [0.15, 0.2) is 28.0 Å². The molecule has 7 nitrogen and oxygen atoms in total. The Morgan fingerprint density at radius 1 is 1.24 bits per heavy atom. The number of guanidine groups is 1. The Kier molecular flexibility index (Phi) is 11.9. The van der Waals surface area contributed by atoms with E-state index in [1.165, 1.54) is 0 Å². The SMILES string of the molecule is CCNC(=NCCCCn1c(C)cccc1=O)N1CCC(C(=O)OCC)CC1.I. The van der Waals surface area contributed by atoms with Gasteiger partial charge in [-0.3, -0.25) is 14.6 Å². The summed E-state index contributed by atoms with van der Waals surface area (Å²) in [6.07, 6.45) is 3.45. The van der Waals surface area contributed by atoms with E-state index in [0.29, 0.717) is 6.61 Å². The number of aliphatic imine (C=N–C) groups is 1. The van der Waals surface area contributed by atoms with Gasteiger partial charge < -0.3 is 19.5 Å². The van der Waals surface area contributed by atoms with Crippen LogP contribution in [-0.2, 0) is 16.1 Å². The first-order valence-electron chi connectivity index (χ1n) is 10.4. The minimum absolute atomic E-state index is 0. The number of halogens is 1. The zero-order valence-corrected chi connectivity index (χ0v) is 20.2. The molecule has 0 radical (unpaired) electrons. The Morgan fingerprint density at radius 2 is 1.97 bits per heavy atom. The molecule has 2 rings (SSSR count). The molecular weight excluding hydrogens is 483 g/mol. The quantitative estimate of drug-likeness (QED) is 0.188. The fraction of sp³-hybridized carbons (Fsp3) is 0.667. The minimum Gasteiger partial charge on any atom is -0.466 e. The number of esters is 1. The van der Waals surface area contributed by atoms with Gasteiger partial charge in [-0.15, -0.1) is 24.0 Å². The summed E-state index contributed by atoms with van der Waals surface area (Å²) < 4.78 is 6.96. The second kappa shape index (κ2) is 13.6. The number of carbonyl (C=O) groups excluding carboxylic acids is 1. The third-order valence-electron chi connectivity index (χ3n) is 5.07. The number of pyridine rings is 1. The number of nitrogens with zero attached hydrogens (tertiary/aromatic N) is 3. The number of aryl methyl sites for hydroxylation is 1. The molecule has 0 atom stereocenters. The Bertz CT molecular complexity index is 712. The molecule has 164 valence electrons. The molecule has 0 amide bonds. The van der Waals surface area contributed by atoms with Crippen molar-refractivity contribution in [1.29, 1.82) is 0 Å². The molecule has 8 heteroatoms. The van der Waals surface area contributed by atoms with Gasteiger partial charge >= 0.3 is 5.97 Å². The van der Waals surface area contributed by atoms with Crippen LogP contribution < -0.4 is 10.9 Å². The summed E-state index contributed by atoms with van der Waals surface area (Å²) in [5, 5.41) is 3.35. The van der Waals surface area contributed by atoms with Crippen LogP contribution in [0.3, 0.4) is 0 Å². The first-order valence-corrected chi connectivity index (χ1v) is 10.4. The molecule has 1 N–H and O–H groups in total. The molecule has 1 aromatic rings. The second-order valence-corrected chi connectivity index (χ2v) is 7.11. The molecular formula is C21H35IN4O3. The van der Waals surface area contributed by atoms with Crippen molar-refractivity contribution in [3.63, 3.8) is 0 Å². The monoisotopic (exact) mass is 518 g/mol. The largest absolute Gasteiger partial charge is 0.466 e. The van der Waals surface area contributed by atoms with Gasteiger partial charge in [0.05, 0.1) is 12.5 Å². The van der Waals surface area contributed by atoms with Crippen LogP contribution in [0.25, 0.3) is 0 Å². The zero-order chi connectivity index (χ0) is 20.4. The standard InChI is InChI=1S/C21H34N4O3.HI/c1-4-22-21(24-15-11-18(12-16-24)20(27)28-5-2)23-13-6-7-14-25-17(3)9-8-10-19(25)26;/h8-10,18H,4-7,11-16H2,1-3H3,(H,22,23);1H. The molecule has 1 aliphatic heterocycles. The van der Waals surface area contributed by atoms with Crippen LogP contribution in [-0.4, -0.2) is 54.2 Å². The van der Waals surface area contributed by atoms with Crippen molar-refractivity contribution >= 4 is 35.9 Å². The van der Waals surface area contributed by atoms with Gasteiger partial charge in [-0.2, -0.15) is 0 Å². The Hall–Kier alpha value is -1.58. The summed E-state index contributed by atoms with van der Waals surface area (Å²) >= 11 is 0. The predicted molar refractivity (Wildman–Crippen MR) is 127 cm³/mol. The molecule has 1 fully saturated rings. The third-order valence-corrected chi connectivity index (χ3v) is 5.07. The minimum atomic E-state index is -0.0736. The van der Waals surface area contributed by atoms with E-state index < -0.39 is 0 Å². The molecule has 0 spiro atoms. The fourth-order valence-electron chi connectivity index (χ4n) is 3.49. The lowest BCUT2D eigenvalue weighted by Crippen LogP contribution is -2.46. The lowest BCUT2D eigenvalue weighted by atomic mass is 9.97. The Balaban J connectivity index is 0.00000420. The van der Waals surface area contributed by atoms with Crippen molar-refractivity contribution in [3.8, 4) is 0 Å². The van der Waals surface area contributed by atoms with Gasteiger partial charge in [-0.25, -0.2) is 0 Å². The normalized spacial score (nSPS) is 15.0. The van der Waals surface area contributed by atoms with Crippen LogP contribution in [0, 0.1) is 12.8 Å². The van der Waals surface area contributed by atoms with Crippen molar-refractivity contribution in [2.45, 2.75) is 53.0 Å². The van der Waals surface area contributed by atoms with Gasteiger partial charge in [0.1, 0.15) is 0 Å². The predicted octanol–water partition coefficient (Wildman–Crippen LogP) is 2.80. The number of unbranched alkanes of at least 4 members (excludes halogenated alkanes) is 1. The van der Waals surface area contributed by atoms with Gasteiger partial charge in [0, 0.05) is 44.5 Å². The number of carbonyl (C=O) groups is 1. The molecule has 0 bridgehead atoms. The maximum Gasteiger partial charge on any atom is 0.309 e. The Morgan fingerprint density at radius 3 is 2.59 bits per heavy atom. The highest BCUT2D eigenvalue weighted by atomic mass is 127. The molecule has 0 aliphatic carbocycles. The molecule has 1 aliphatic rings. The maximum atomic E-state index is 11.9. The number of nitrogens with one attached hydrogen (secondary N) is 1. The summed E-state index contributed by atoms with van der Waals surface area (Å²) in [7, 11) is 0. The van der Waals surface area contributed by atoms with E-state index in [0.717, 1.165) is 70.1 Å². The van der Waals surface area contributed by atoms with Crippen molar-refractivity contribution in [3.05, 3.63) is 34.2 Å². The summed E-state index contributed by atoms with van der Waals surface area (Å²) in [5.41, 5.74) is 1.05. The first kappa shape index (κ1) is 25.5. The van der Waals surface area contributed by atoms with E-state index in [1.807, 2.05) is 24.5 Å². The van der Waals surface area contributed by atoms with Crippen molar-refractivity contribution < 1.29 is 9.53 Å². The zero-order valence-electron chi connectivity index (χ0n) is 17.9. The number of likely N-dealkylation sites (tertiary alicyclic amines) is 1. The van der Waals surface area contributed by atoms with E-state index in [1.54, 1.807) is 12.1 Å². The second-order valence-electron chi connectivity index (χ2n) is 7.11. The number of hydrogen-bond acceptors (Lipinski definition) is 4. The highest BCUT2D eigenvalue weighted by Gasteiger charge is 2.27. The third kappa shape index (κ3) is 7.98. The van der Waals surface area contributed by atoms with E-state index in [2.05, 4.69) is 17.1 Å².